The molecule has 0 saturated carbocycles. The van der Waals surface area contributed by atoms with Crippen molar-refractivity contribution in [3.63, 3.8) is 0 Å². The van der Waals surface area contributed by atoms with Gasteiger partial charge in [-0.1, -0.05) is 6.92 Å². The Hall–Kier alpha value is -1.91. The van der Waals surface area contributed by atoms with Crippen LogP contribution in [0, 0.1) is 12.8 Å². The molecule has 1 rings (SSSR count). The van der Waals surface area contributed by atoms with Crippen LogP contribution in [0.15, 0.2) is 18.3 Å². The smallest absolute Gasteiger partial charge is 0.405 e. The molecule has 0 fully saturated rings. The Morgan fingerprint density at radius 2 is 2.00 bits per heavy atom. The molecule has 1 heterocycles. The van der Waals surface area contributed by atoms with Gasteiger partial charge in [0.25, 0.3) is 0 Å². The maximum Gasteiger partial charge on any atom is 0.405 e. The van der Waals surface area contributed by atoms with E-state index in [0.29, 0.717) is 17.9 Å². The Balaban J connectivity index is 2.36. The topological polar surface area (TPSA) is 79.3 Å². The van der Waals surface area contributed by atoms with E-state index in [1.165, 1.54) is 0 Å². The lowest BCUT2D eigenvalue weighted by Crippen LogP contribution is -2.42. The lowest BCUT2D eigenvalue weighted by atomic mass is 9.90. The van der Waals surface area contributed by atoms with Gasteiger partial charge in [0.05, 0.1) is 0 Å². The van der Waals surface area contributed by atoms with Crippen LogP contribution < -0.4 is 5.32 Å². The molecule has 0 aliphatic heterocycles. The van der Waals surface area contributed by atoms with E-state index in [1.807, 2.05) is 32.9 Å². The number of carbonyl (C=O) groups excluding carboxylic acids is 1. The van der Waals surface area contributed by atoms with Gasteiger partial charge in [0.15, 0.2) is 5.78 Å². The highest BCUT2D eigenvalue weighted by Crippen LogP contribution is 2.20. The number of pyridine rings is 1. The van der Waals surface area contributed by atoms with Gasteiger partial charge >= 0.3 is 6.09 Å². The molecule has 122 valence electrons. The van der Waals surface area contributed by atoms with Crippen molar-refractivity contribution >= 4 is 11.9 Å². The number of aromatic nitrogens is 1. The fraction of sp³-hybridized carbons (Fsp3) is 0.588. The zero-order chi connectivity index (χ0) is 16.8. The van der Waals surface area contributed by atoms with Crippen LogP contribution in [0.5, 0.6) is 0 Å². The number of nitrogens with one attached hydrogen (secondary N) is 1. The van der Waals surface area contributed by atoms with Crippen LogP contribution in [0.3, 0.4) is 0 Å². The zero-order valence-corrected chi connectivity index (χ0v) is 13.8. The average molecular weight is 306 g/mol. The first-order valence-electron chi connectivity index (χ1n) is 7.66. The van der Waals surface area contributed by atoms with E-state index in [1.54, 1.807) is 6.20 Å². The molecule has 1 aromatic heterocycles. The number of carboxylic acid groups (broad SMARTS) is 1. The van der Waals surface area contributed by atoms with E-state index < -0.39 is 11.6 Å². The molecule has 0 aliphatic carbocycles. The highest BCUT2D eigenvalue weighted by atomic mass is 16.4. The van der Waals surface area contributed by atoms with Crippen molar-refractivity contribution in [1.82, 2.24) is 10.3 Å². The molecule has 0 radical (unpaired) electrons. The Kier molecular flexibility index (Phi) is 6.53. The largest absolute Gasteiger partial charge is 0.465 e. The number of amides is 1. The van der Waals surface area contributed by atoms with Crippen molar-refractivity contribution < 1.29 is 14.7 Å². The Bertz CT molecular complexity index is 509. The van der Waals surface area contributed by atoms with Gasteiger partial charge in [-0.05, 0) is 58.1 Å². The molecule has 0 saturated heterocycles. The summed E-state index contributed by atoms with van der Waals surface area (Å²) in [7, 11) is 0. The van der Waals surface area contributed by atoms with Crippen LogP contribution in [0.2, 0.25) is 0 Å². The van der Waals surface area contributed by atoms with E-state index in [0.717, 1.165) is 25.0 Å². The molecule has 1 aromatic rings. The number of nitrogens with zero attached hydrogens (tertiary/aromatic N) is 1. The van der Waals surface area contributed by atoms with Gasteiger partial charge in [0.2, 0.25) is 0 Å². The van der Waals surface area contributed by atoms with Crippen molar-refractivity contribution in [3.05, 3.63) is 29.6 Å². The van der Waals surface area contributed by atoms with E-state index in [4.69, 9.17) is 5.11 Å². The number of carbonyl (C=O) groups is 2. The molecule has 1 atom stereocenters. The molecule has 1 unspecified atom stereocenters. The molecular weight excluding hydrogens is 280 g/mol. The van der Waals surface area contributed by atoms with Gasteiger partial charge < -0.3 is 10.4 Å². The molecule has 0 aliphatic rings. The molecule has 0 bridgehead atoms. The lowest BCUT2D eigenvalue weighted by molar-refractivity contribution is 0.0973. The molecule has 0 aromatic carbocycles. The van der Waals surface area contributed by atoms with E-state index in [2.05, 4.69) is 17.2 Å². The Morgan fingerprint density at radius 3 is 2.55 bits per heavy atom. The molecule has 22 heavy (non-hydrogen) atoms. The van der Waals surface area contributed by atoms with Crippen LogP contribution >= 0.6 is 0 Å². The summed E-state index contributed by atoms with van der Waals surface area (Å²) in [6.07, 6.45) is 3.56. The van der Waals surface area contributed by atoms with Crippen molar-refractivity contribution in [1.29, 1.82) is 0 Å². The van der Waals surface area contributed by atoms with Crippen molar-refractivity contribution in [2.45, 2.75) is 58.9 Å². The minimum Gasteiger partial charge on any atom is -0.465 e. The number of hydrogen-bond donors (Lipinski definition) is 2. The van der Waals surface area contributed by atoms with E-state index in [9.17, 15) is 9.59 Å². The summed E-state index contributed by atoms with van der Waals surface area (Å²) in [6.45, 7) is 7.73. The lowest BCUT2D eigenvalue weighted by Gasteiger charge is -2.26. The summed E-state index contributed by atoms with van der Waals surface area (Å²) < 4.78 is 0. The molecular formula is C17H26N2O3. The fourth-order valence-electron chi connectivity index (χ4n) is 2.26. The zero-order valence-electron chi connectivity index (χ0n) is 13.8. The SMILES string of the molecule is Cc1ccc(C(=O)CCC(C)CCC(C)(C)NC(=O)O)cn1. The van der Waals surface area contributed by atoms with Crippen molar-refractivity contribution in [2.24, 2.45) is 5.92 Å². The number of aryl methyl sites for hydroxylation is 1. The maximum absolute atomic E-state index is 12.1. The minimum atomic E-state index is -1.00. The van der Waals surface area contributed by atoms with Gasteiger partial charge in [-0.25, -0.2) is 4.79 Å². The van der Waals surface area contributed by atoms with Gasteiger partial charge in [-0.3, -0.25) is 9.78 Å². The third-order valence-corrected chi connectivity index (χ3v) is 3.80. The standard InChI is InChI=1S/C17H26N2O3/c1-12(9-10-17(3,4)19-16(21)22)5-8-15(20)14-7-6-13(2)18-11-14/h6-7,11-12,19H,5,8-10H2,1-4H3,(H,21,22). The monoisotopic (exact) mass is 306 g/mol. The number of rotatable bonds is 8. The van der Waals surface area contributed by atoms with Gasteiger partial charge in [-0.15, -0.1) is 0 Å². The molecule has 5 heteroatoms. The highest BCUT2D eigenvalue weighted by molar-refractivity contribution is 5.95. The first-order valence-corrected chi connectivity index (χ1v) is 7.66. The third kappa shape index (κ3) is 6.70. The molecule has 1 amide bonds. The van der Waals surface area contributed by atoms with Gasteiger partial charge in [0.1, 0.15) is 0 Å². The van der Waals surface area contributed by atoms with Crippen LogP contribution in [-0.2, 0) is 0 Å². The van der Waals surface area contributed by atoms with Crippen molar-refractivity contribution in [2.75, 3.05) is 0 Å². The number of ketones is 1. The van der Waals surface area contributed by atoms with E-state index in [-0.39, 0.29) is 5.78 Å². The Morgan fingerprint density at radius 1 is 1.32 bits per heavy atom. The number of Topliss-reactive ketones (excluding diaryl/α,β-unsaturated/α-hetero) is 1. The molecule has 0 spiro atoms. The summed E-state index contributed by atoms with van der Waals surface area (Å²) in [5.74, 6) is 0.486. The van der Waals surface area contributed by atoms with Crippen molar-refractivity contribution in [3.8, 4) is 0 Å². The molecule has 5 nitrogen and oxygen atoms in total. The highest BCUT2D eigenvalue weighted by Gasteiger charge is 2.21. The fourth-order valence-corrected chi connectivity index (χ4v) is 2.26. The minimum absolute atomic E-state index is 0.113. The second-order valence-corrected chi connectivity index (χ2v) is 6.61. The quantitative estimate of drug-likeness (QED) is 0.716. The number of hydrogen-bond acceptors (Lipinski definition) is 3. The summed E-state index contributed by atoms with van der Waals surface area (Å²) in [4.78, 5) is 26.9. The predicted octanol–water partition coefficient (Wildman–Crippen LogP) is 3.82. The van der Waals surface area contributed by atoms with Gasteiger partial charge in [0, 0.05) is 29.4 Å². The first kappa shape index (κ1) is 18.1. The maximum atomic E-state index is 12.1. The third-order valence-electron chi connectivity index (χ3n) is 3.80. The Labute approximate surface area is 132 Å². The first-order chi connectivity index (χ1) is 10.2. The summed E-state index contributed by atoms with van der Waals surface area (Å²) in [5, 5.41) is 11.3. The van der Waals surface area contributed by atoms with Crippen LogP contribution in [0.4, 0.5) is 4.79 Å². The summed E-state index contributed by atoms with van der Waals surface area (Å²) in [5.41, 5.74) is 1.12. The predicted molar refractivity (Wildman–Crippen MR) is 86.2 cm³/mol. The second-order valence-electron chi connectivity index (χ2n) is 6.61. The van der Waals surface area contributed by atoms with Gasteiger partial charge in [-0.2, -0.15) is 0 Å². The molecule has 2 N–H and O–H groups in total. The van der Waals surface area contributed by atoms with Crippen LogP contribution in [-0.4, -0.2) is 27.5 Å². The van der Waals surface area contributed by atoms with E-state index >= 15 is 0 Å². The van der Waals surface area contributed by atoms with Crippen LogP contribution in [0.1, 0.15) is 62.5 Å². The van der Waals surface area contributed by atoms with Crippen LogP contribution in [0.25, 0.3) is 0 Å². The summed E-state index contributed by atoms with van der Waals surface area (Å²) in [6, 6.07) is 3.66. The average Bonchev–Trinajstić information content (AvgIpc) is 2.42. The second kappa shape index (κ2) is 7.92. The normalized spacial score (nSPS) is 12.7. The summed E-state index contributed by atoms with van der Waals surface area (Å²) >= 11 is 0.